The van der Waals surface area contributed by atoms with Gasteiger partial charge in [-0.2, -0.15) is 0 Å². The molecule has 1 saturated carbocycles. The highest BCUT2D eigenvalue weighted by molar-refractivity contribution is 7.91. The summed E-state index contributed by atoms with van der Waals surface area (Å²) < 4.78 is 22.1. The van der Waals surface area contributed by atoms with E-state index >= 15 is 0 Å². The Bertz CT molecular complexity index is 275. The van der Waals surface area contributed by atoms with Crippen LogP contribution in [0.25, 0.3) is 0 Å². The minimum Gasteiger partial charge on any atom is -0.390 e. The number of sulfone groups is 1. The zero-order chi connectivity index (χ0) is 8.77. The third-order valence-corrected chi connectivity index (χ3v) is 4.07. The summed E-state index contributed by atoms with van der Waals surface area (Å²) >= 11 is 0. The second kappa shape index (κ2) is 3.73. The van der Waals surface area contributed by atoms with E-state index in [9.17, 15) is 13.5 Å². The second-order valence-corrected chi connectivity index (χ2v) is 5.85. The van der Waals surface area contributed by atoms with Gasteiger partial charge in [0, 0.05) is 12.1 Å². The fraction of sp³-hybridized carbons (Fsp3) is 1.00. The van der Waals surface area contributed by atoms with Gasteiger partial charge in [0.2, 0.25) is 0 Å². The molecule has 0 spiro atoms. The predicted octanol–water partition coefficient (Wildman–Crippen LogP) is -0.682. The van der Waals surface area contributed by atoms with E-state index in [1.807, 2.05) is 0 Å². The summed E-state index contributed by atoms with van der Waals surface area (Å²) in [6, 6.07) is 0.237. The van der Waals surface area contributed by atoms with Crippen LogP contribution in [0, 0.1) is 0 Å². The van der Waals surface area contributed by atoms with Crippen molar-refractivity contribution in [1.82, 2.24) is 5.32 Å². The molecule has 2 aliphatic rings. The van der Waals surface area contributed by atoms with Gasteiger partial charge < -0.3 is 10.4 Å². The molecule has 13 heavy (non-hydrogen) atoms. The highest BCUT2D eigenvalue weighted by Gasteiger charge is 2.38. The highest BCUT2D eigenvalue weighted by atomic mass is 35.5. The average molecular weight is 228 g/mol. The molecule has 0 aromatic carbocycles. The third-order valence-electron chi connectivity index (χ3n) is 2.35. The number of hydrogen-bond acceptors (Lipinski definition) is 4. The normalized spacial score (nSPS) is 37.0. The van der Waals surface area contributed by atoms with Gasteiger partial charge in [-0.25, -0.2) is 8.42 Å². The Morgan fingerprint density at radius 1 is 1.23 bits per heavy atom. The molecule has 0 aromatic rings. The smallest absolute Gasteiger partial charge is 0.154 e. The molecule has 2 N–H and O–H groups in total. The van der Waals surface area contributed by atoms with E-state index in [4.69, 9.17) is 0 Å². The monoisotopic (exact) mass is 227 g/mol. The molecule has 0 radical (unpaired) electrons. The Labute approximate surface area is 84.0 Å². The standard InChI is InChI=1S/C7H13NO3S.ClH/c9-7-4-12(10,11)3-6(7)8-5-1-2-5;/h5-9H,1-4H2;1H/t6-,7-;/m1./s1. The maximum atomic E-state index is 11.1. The number of rotatable bonds is 2. The Balaban J connectivity index is 0.000000845. The van der Waals surface area contributed by atoms with Crippen molar-refractivity contribution in [3.8, 4) is 0 Å². The van der Waals surface area contributed by atoms with Crippen molar-refractivity contribution in [3.63, 3.8) is 0 Å². The van der Waals surface area contributed by atoms with Gasteiger partial charge in [-0.15, -0.1) is 12.4 Å². The zero-order valence-corrected chi connectivity index (χ0v) is 8.77. The van der Waals surface area contributed by atoms with E-state index in [1.54, 1.807) is 0 Å². The SMILES string of the molecule is Cl.O=S1(=O)C[C@@H](O)[C@H](NC2CC2)C1. The fourth-order valence-corrected chi connectivity index (χ4v) is 3.30. The van der Waals surface area contributed by atoms with Crippen LogP contribution < -0.4 is 5.32 Å². The van der Waals surface area contributed by atoms with E-state index < -0.39 is 15.9 Å². The molecule has 1 heterocycles. The molecule has 0 amide bonds. The molecular formula is C7H14ClNO3S. The largest absolute Gasteiger partial charge is 0.390 e. The van der Waals surface area contributed by atoms with Crippen molar-refractivity contribution in [2.75, 3.05) is 11.5 Å². The minimum absolute atomic E-state index is 0. The second-order valence-electron chi connectivity index (χ2n) is 3.69. The summed E-state index contributed by atoms with van der Waals surface area (Å²) in [7, 11) is -2.98. The summed E-state index contributed by atoms with van der Waals surface area (Å²) in [5.74, 6) is 0.0298. The third kappa shape index (κ3) is 2.80. The summed E-state index contributed by atoms with van der Waals surface area (Å²) in [4.78, 5) is 0. The molecule has 1 aliphatic heterocycles. The molecule has 2 atom stereocenters. The molecule has 1 aliphatic carbocycles. The van der Waals surface area contributed by atoms with Crippen molar-refractivity contribution in [1.29, 1.82) is 0 Å². The molecule has 0 bridgehead atoms. The zero-order valence-electron chi connectivity index (χ0n) is 7.14. The van der Waals surface area contributed by atoms with Gasteiger partial charge in [0.25, 0.3) is 0 Å². The van der Waals surface area contributed by atoms with E-state index in [2.05, 4.69) is 5.32 Å². The fourth-order valence-electron chi connectivity index (χ4n) is 1.54. The topological polar surface area (TPSA) is 66.4 Å². The Morgan fingerprint density at radius 2 is 1.85 bits per heavy atom. The van der Waals surface area contributed by atoms with Crippen LogP contribution in [0.15, 0.2) is 0 Å². The Morgan fingerprint density at radius 3 is 2.23 bits per heavy atom. The molecule has 78 valence electrons. The quantitative estimate of drug-likeness (QED) is 0.656. The van der Waals surface area contributed by atoms with E-state index in [0.29, 0.717) is 6.04 Å². The lowest BCUT2D eigenvalue weighted by molar-refractivity contribution is 0.165. The van der Waals surface area contributed by atoms with E-state index in [0.717, 1.165) is 12.8 Å². The first-order valence-corrected chi connectivity index (χ1v) is 6.03. The van der Waals surface area contributed by atoms with Crippen molar-refractivity contribution in [2.24, 2.45) is 0 Å². The van der Waals surface area contributed by atoms with Crippen LogP contribution in [0.4, 0.5) is 0 Å². The molecule has 0 unspecified atom stereocenters. The van der Waals surface area contributed by atoms with Gasteiger partial charge in [0.05, 0.1) is 17.6 Å². The van der Waals surface area contributed by atoms with Crippen LogP contribution in [-0.2, 0) is 9.84 Å². The van der Waals surface area contributed by atoms with Crippen LogP contribution in [0.5, 0.6) is 0 Å². The molecule has 2 rings (SSSR count). The number of halogens is 1. The Kier molecular flexibility index (Phi) is 3.22. The van der Waals surface area contributed by atoms with Crippen molar-refractivity contribution >= 4 is 22.2 Å². The number of hydrogen-bond donors (Lipinski definition) is 2. The number of aliphatic hydroxyl groups is 1. The molecule has 2 fully saturated rings. The van der Waals surface area contributed by atoms with Gasteiger partial charge in [0.1, 0.15) is 0 Å². The lowest BCUT2D eigenvalue weighted by Crippen LogP contribution is -2.40. The van der Waals surface area contributed by atoms with Gasteiger partial charge in [-0.3, -0.25) is 0 Å². The molecule has 1 saturated heterocycles. The maximum Gasteiger partial charge on any atom is 0.154 e. The lowest BCUT2D eigenvalue weighted by Gasteiger charge is -2.13. The van der Waals surface area contributed by atoms with Crippen LogP contribution in [0.2, 0.25) is 0 Å². The summed E-state index contributed by atoms with van der Waals surface area (Å²) in [6.07, 6.45) is 1.53. The van der Waals surface area contributed by atoms with Gasteiger partial charge in [0.15, 0.2) is 9.84 Å². The van der Waals surface area contributed by atoms with E-state index in [1.165, 1.54) is 0 Å². The summed E-state index contributed by atoms with van der Waals surface area (Å²) in [5, 5.41) is 12.5. The van der Waals surface area contributed by atoms with Crippen LogP contribution in [0.1, 0.15) is 12.8 Å². The van der Waals surface area contributed by atoms with Crippen molar-refractivity contribution < 1.29 is 13.5 Å². The first kappa shape index (κ1) is 11.2. The molecular weight excluding hydrogens is 214 g/mol. The van der Waals surface area contributed by atoms with Gasteiger partial charge in [-0.1, -0.05) is 0 Å². The summed E-state index contributed by atoms with van der Waals surface area (Å²) in [5.41, 5.74) is 0. The average Bonchev–Trinajstić information content (AvgIpc) is 2.63. The Hall–Kier alpha value is 0.160. The van der Waals surface area contributed by atoms with Gasteiger partial charge >= 0.3 is 0 Å². The van der Waals surface area contributed by atoms with Crippen molar-refractivity contribution in [2.45, 2.75) is 31.0 Å². The van der Waals surface area contributed by atoms with E-state index in [-0.39, 0.29) is 30.0 Å². The first-order valence-electron chi connectivity index (χ1n) is 4.21. The van der Waals surface area contributed by atoms with Crippen LogP contribution in [0.3, 0.4) is 0 Å². The molecule has 6 heteroatoms. The predicted molar refractivity (Wildman–Crippen MR) is 51.9 cm³/mol. The highest BCUT2D eigenvalue weighted by Crippen LogP contribution is 2.22. The van der Waals surface area contributed by atoms with Gasteiger partial charge in [-0.05, 0) is 12.8 Å². The van der Waals surface area contributed by atoms with Crippen molar-refractivity contribution in [3.05, 3.63) is 0 Å². The number of nitrogens with one attached hydrogen (secondary N) is 1. The van der Waals surface area contributed by atoms with Crippen LogP contribution in [-0.4, -0.2) is 43.2 Å². The van der Waals surface area contributed by atoms with Crippen LogP contribution >= 0.6 is 12.4 Å². The number of aliphatic hydroxyl groups excluding tert-OH is 1. The molecule has 4 nitrogen and oxygen atoms in total. The molecule has 0 aromatic heterocycles. The minimum atomic E-state index is -2.98. The summed E-state index contributed by atoms with van der Waals surface area (Å²) in [6.45, 7) is 0. The maximum absolute atomic E-state index is 11.1. The first-order chi connectivity index (χ1) is 5.57. The lowest BCUT2D eigenvalue weighted by atomic mass is 10.2.